The molecule has 0 N–H and O–H groups in total. The number of rotatable bonds is 4. The molecule has 0 atom stereocenters. The number of piperidine rings is 2. The molecule has 0 aliphatic carbocycles. The van der Waals surface area contributed by atoms with Crippen molar-refractivity contribution in [3.8, 4) is 0 Å². The molecule has 8 heteroatoms. The number of nitrogens with zero attached hydrogens (tertiary/aromatic N) is 3. The second kappa shape index (κ2) is 7.92. The van der Waals surface area contributed by atoms with Gasteiger partial charge in [0.15, 0.2) is 0 Å². The van der Waals surface area contributed by atoms with Crippen LogP contribution in [-0.2, 0) is 21.4 Å². The molecular weight excluding hydrogens is 354 g/mol. The highest BCUT2D eigenvalue weighted by atomic mass is 32.2. The van der Waals surface area contributed by atoms with Gasteiger partial charge in [-0.2, -0.15) is 4.31 Å². The van der Waals surface area contributed by atoms with Crippen LogP contribution in [0.3, 0.4) is 0 Å². The number of amides is 1. The zero-order valence-electron chi connectivity index (χ0n) is 15.3. The third kappa shape index (κ3) is 4.01. The first-order chi connectivity index (χ1) is 12.4. The maximum Gasteiger partial charge on any atom is 0.271 e. The molecule has 0 aromatic carbocycles. The fourth-order valence-corrected chi connectivity index (χ4v) is 5.15. The minimum absolute atomic E-state index is 0.112. The van der Waals surface area contributed by atoms with E-state index in [1.165, 1.54) is 27.2 Å². The van der Waals surface area contributed by atoms with Gasteiger partial charge in [0.25, 0.3) is 5.56 Å². The Morgan fingerprint density at radius 1 is 1.12 bits per heavy atom. The van der Waals surface area contributed by atoms with Crippen LogP contribution in [0.5, 0.6) is 0 Å². The molecule has 0 spiro atoms. The number of carbonyl (C=O) groups is 1. The molecule has 7 nitrogen and oxygen atoms in total. The maximum absolute atomic E-state index is 12.9. The summed E-state index contributed by atoms with van der Waals surface area (Å²) in [5.41, 5.74) is -0.614. The maximum atomic E-state index is 12.9. The van der Waals surface area contributed by atoms with E-state index in [1.807, 2.05) is 0 Å². The average Bonchev–Trinajstić information content (AvgIpc) is 2.64. The lowest BCUT2D eigenvalue weighted by Gasteiger charge is -2.29. The summed E-state index contributed by atoms with van der Waals surface area (Å²) in [5, 5.41) is 0. The van der Waals surface area contributed by atoms with Crippen molar-refractivity contribution in [1.29, 1.82) is 0 Å². The molecule has 2 aliphatic rings. The molecular formula is C18H27N3O4S. The molecule has 3 rings (SSSR count). The van der Waals surface area contributed by atoms with E-state index in [0.29, 0.717) is 32.1 Å². The SMILES string of the molecule is CC1CCN(S(=O)(=O)c2cccn(CC(=O)N3CCCCC3)c2=O)CC1. The van der Waals surface area contributed by atoms with Crippen LogP contribution in [0.15, 0.2) is 28.0 Å². The van der Waals surface area contributed by atoms with Gasteiger partial charge in [0.1, 0.15) is 11.4 Å². The molecule has 3 heterocycles. The molecule has 2 saturated heterocycles. The van der Waals surface area contributed by atoms with E-state index in [4.69, 9.17) is 0 Å². The first kappa shape index (κ1) is 19.1. The van der Waals surface area contributed by atoms with Gasteiger partial charge in [-0.25, -0.2) is 8.42 Å². The standard InChI is InChI=1S/C18H27N3O4S/c1-15-7-12-21(13-8-15)26(24,25)16-6-5-11-20(18(16)23)14-17(22)19-9-3-2-4-10-19/h5-6,11,15H,2-4,7-10,12-14H2,1H3. The average molecular weight is 381 g/mol. The van der Waals surface area contributed by atoms with Gasteiger partial charge in [-0.3, -0.25) is 9.59 Å². The summed E-state index contributed by atoms with van der Waals surface area (Å²) in [4.78, 5) is 26.7. The molecule has 0 bridgehead atoms. The highest BCUT2D eigenvalue weighted by molar-refractivity contribution is 7.89. The van der Waals surface area contributed by atoms with Crippen molar-refractivity contribution >= 4 is 15.9 Å². The van der Waals surface area contributed by atoms with Crippen LogP contribution >= 0.6 is 0 Å². The summed E-state index contributed by atoms with van der Waals surface area (Å²) in [6.45, 7) is 4.27. The highest BCUT2D eigenvalue weighted by Crippen LogP contribution is 2.21. The van der Waals surface area contributed by atoms with E-state index < -0.39 is 15.6 Å². The molecule has 0 unspecified atom stereocenters. The number of hydrogen-bond acceptors (Lipinski definition) is 4. The Morgan fingerprint density at radius 3 is 2.42 bits per heavy atom. The molecule has 1 aromatic rings. The van der Waals surface area contributed by atoms with E-state index >= 15 is 0 Å². The third-order valence-corrected chi connectivity index (χ3v) is 7.27. The fraction of sp³-hybridized carbons (Fsp3) is 0.667. The van der Waals surface area contributed by atoms with Gasteiger partial charge >= 0.3 is 0 Å². The van der Waals surface area contributed by atoms with Gasteiger partial charge in [-0.05, 0) is 50.2 Å². The van der Waals surface area contributed by atoms with Crippen LogP contribution in [0, 0.1) is 5.92 Å². The number of sulfonamides is 1. The quantitative estimate of drug-likeness (QED) is 0.787. The number of carbonyl (C=O) groups excluding carboxylic acids is 1. The second-order valence-electron chi connectivity index (χ2n) is 7.33. The van der Waals surface area contributed by atoms with E-state index in [-0.39, 0.29) is 17.3 Å². The van der Waals surface area contributed by atoms with Crippen LogP contribution in [0.4, 0.5) is 0 Å². The predicted molar refractivity (Wildman–Crippen MR) is 98.3 cm³/mol. The Hall–Kier alpha value is -1.67. The zero-order valence-corrected chi connectivity index (χ0v) is 16.1. The number of hydrogen-bond donors (Lipinski definition) is 0. The van der Waals surface area contributed by atoms with E-state index in [0.717, 1.165) is 32.1 Å². The van der Waals surface area contributed by atoms with Crippen molar-refractivity contribution in [3.05, 3.63) is 28.7 Å². The van der Waals surface area contributed by atoms with Crippen molar-refractivity contribution < 1.29 is 13.2 Å². The van der Waals surface area contributed by atoms with Gasteiger partial charge in [-0.1, -0.05) is 6.92 Å². The number of aromatic nitrogens is 1. The summed E-state index contributed by atoms with van der Waals surface area (Å²) in [7, 11) is -3.82. The monoisotopic (exact) mass is 381 g/mol. The molecule has 0 saturated carbocycles. The second-order valence-corrected chi connectivity index (χ2v) is 9.24. The Kier molecular flexibility index (Phi) is 5.82. The summed E-state index contributed by atoms with van der Waals surface area (Å²) >= 11 is 0. The fourth-order valence-electron chi connectivity index (χ4n) is 3.59. The smallest absolute Gasteiger partial charge is 0.271 e. The molecule has 0 radical (unpaired) electrons. The van der Waals surface area contributed by atoms with Gasteiger partial charge < -0.3 is 9.47 Å². The Labute approximate surface area is 154 Å². The zero-order chi connectivity index (χ0) is 18.7. The van der Waals surface area contributed by atoms with E-state index in [2.05, 4.69) is 6.92 Å². The van der Waals surface area contributed by atoms with Crippen molar-refractivity contribution in [2.24, 2.45) is 5.92 Å². The molecule has 1 aromatic heterocycles. The minimum atomic E-state index is -3.82. The van der Waals surface area contributed by atoms with Crippen LogP contribution in [0.25, 0.3) is 0 Å². The van der Waals surface area contributed by atoms with E-state index in [9.17, 15) is 18.0 Å². The van der Waals surface area contributed by atoms with Crippen LogP contribution in [0.2, 0.25) is 0 Å². The van der Waals surface area contributed by atoms with Gasteiger partial charge in [0, 0.05) is 32.4 Å². The van der Waals surface area contributed by atoms with E-state index in [1.54, 1.807) is 4.90 Å². The van der Waals surface area contributed by atoms with Gasteiger partial charge in [0.2, 0.25) is 15.9 Å². The summed E-state index contributed by atoms with van der Waals surface area (Å²) in [6, 6.07) is 2.88. The molecule has 2 fully saturated rings. The normalized spacial score (nSPS) is 20.3. The number of pyridine rings is 1. The largest absolute Gasteiger partial charge is 0.341 e. The van der Waals surface area contributed by atoms with Crippen molar-refractivity contribution in [2.45, 2.75) is 50.5 Å². The Morgan fingerprint density at radius 2 is 1.77 bits per heavy atom. The molecule has 26 heavy (non-hydrogen) atoms. The van der Waals surface area contributed by atoms with Crippen molar-refractivity contribution in [3.63, 3.8) is 0 Å². The topological polar surface area (TPSA) is 79.7 Å². The minimum Gasteiger partial charge on any atom is -0.341 e. The van der Waals surface area contributed by atoms with Crippen LogP contribution in [-0.4, -0.2) is 54.3 Å². The molecule has 2 aliphatic heterocycles. The first-order valence-electron chi connectivity index (χ1n) is 9.37. The van der Waals surface area contributed by atoms with Crippen LogP contribution in [0.1, 0.15) is 39.0 Å². The Bertz CT molecular complexity index is 804. The van der Waals surface area contributed by atoms with Crippen molar-refractivity contribution in [1.82, 2.24) is 13.8 Å². The lowest BCUT2D eigenvalue weighted by Crippen LogP contribution is -2.42. The van der Waals surface area contributed by atoms with Crippen LogP contribution < -0.4 is 5.56 Å². The Balaban J connectivity index is 1.80. The third-order valence-electron chi connectivity index (χ3n) is 5.36. The highest BCUT2D eigenvalue weighted by Gasteiger charge is 2.30. The summed E-state index contributed by atoms with van der Waals surface area (Å²) in [5.74, 6) is 0.365. The predicted octanol–water partition coefficient (Wildman–Crippen LogP) is 1.28. The lowest BCUT2D eigenvalue weighted by molar-refractivity contribution is -0.132. The number of likely N-dealkylation sites (tertiary alicyclic amines) is 1. The molecule has 1 amide bonds. The first-order valence-corrected chi connectivity index (χ1v) is 10.8. The summed E-state index contributed by atoms with van der Waals surface area (Å²) in [6.07, 6.45) is 6.15. The van der Waals surface area contributed by atoms with Gasteiger partial charge in [0.05, 0.1) is 0 Å². The van der Waals surface area contributed by atoms with Gasteiger partial charge in [-0.15, -0.1) is 0 Å². The molecule has 144 valence electrons. The van der Waals surface area contributed by atoms with Crippen molar-refractivity contribution in [2.75, 3.05) is 26.2 Å². The summed E-state index contributed by atoms with van der Waals surface area (Å²) < 4.78 is 28.4. The lowest BCUT2D eigenvalue weighted by atomic mass is 10.0.